The molecule has 34 heavy (non-hydrogen) atoms. The number of esters is 1. The van der Waals surface area contributed by atoms with Crippen LogP contribution in [0.1, 0.15) is 17.3 Å². The number of anilines is 1. The number of nitrogens with zero attached hydrogens (tertiary/aromatic N) is 4. The summed E-state index contributed by atoms with van der Waals surface area (Å²) in [6.45, 7) is 1.41. The van der Waals surface area contributed by atoms with Gasteiger partial charge in [0.15, 0.2) is 18.2 Å². The molecule has 0 atom stereocenters. The number of carbonyl (C=O) groups excluding carboxylic acids is 2. The molecule has 1 N–H and O–H groups in total. The summed E-state index contributed by atoms with van der Waals surface area (Å²) in [6, 6.07) is 16.4. The number of nitro groups is 1. The van der Waals surface area contributed by atoms with Gasteiger partial charge in [-0.3, -0.25) is 14.9 Å². The highest BCUT2D eigenvalue weighted by molar-refractivity contribution is 6.01. The Morgan fingerprint density at radius 1 is 1.09 bits per heavy atom. The third kappa shape index (κ3) is 4.83. The van der Waals surface area contributed by atoms with E-state index in [0.29, 0.717) is 11.3 Å². The molecule has 172 valence electrons. The van der Waals surface area contributed by atoms with E-state index in [1.54, 1.807) is 13.0 Å². The highest BCUT2D eigenvalue weighted by Gasteiger charge is 2.22. The van der Waals surface area contributed by atoms with Gasteiger partial charge in [-0.25, -0.2) is 9.78 Å². The minimum atomic E-state index is -0.652. The Hall–Kier alpha value is -4.80. The van der Waals surface area contributed by atoms with Crippen molar-refractivity contribution in [2.75, 3.05) is 18.5 Å². The lowest BCUT2D eigenvalue weighted by Crippen LogP contribution is -2.23. The van der Waals surface area contributed by atoms with Gasteiger partial charge in [0.2, 0.25) is 0 Å². The monoisotopic (exact) mass is 461 g/mol. The Labute approximate surface area is 193 Å². The van der Waals surface area contributed by atoms with Crippen LogP contribution in [0.3, 0.4) is 0 Å². The van der Waals surface area contributed by atoms with Crippen LogP contribution in [0.5, 0.6) is 5.75 Å². The van der Waals surface area contributed by atoms with E-state index in [9.17, 15) is 19.7 Å². The number of nitrogens with one attached hydrogen (secondary N) is 1. The maximum absolute atomic E-state index is 12.6. The van der Waals surface area contributed by atoms with Crippen LogP contribution in [0.2, 0.25) is 0 Å². The smallest absolute Gasteiger partial charge is 0.343 e. The molecule has 2 aromatic carbocycles. The highest BCUT2D eigenvalue weighted by Crippen LogP contribution is 2.23. The third-order valence-corrected chi connectivity index (χ3v) is 4.74. The molecule has 2 heterocycles. The summed E-state index contributed by atoms with van der Waals surface area (Å²) < 4.78 is 11.8. The zero-order valence-electron chi connectivity index (χ0n) is 18.0. The molecule has 4 aromatic rings. The topological polar surface area (TPSA) is 138 Å². The average molecular weight is 461 g/mol. The molecule has 4 rings (SSSR count). The first-order valence-electron chi connectivity index (χ1n) is 10.2. The van der Waals surface area contributed by atoms with Gasteiger partial charge in [-0.05, 0) is 37.3 Å². The van der Waals surface area contributed by atoms with Crippen molar-refractivity contribution < 1.29 is 24.0 Å². The number of ether oxygens (including phenoxy) is 2. The Morgan fingerprint density at radius 2 is 1.85 bits per heavy atom. The second kappa shape index (κ2) is 9.77. The molecular weight excluding hydrogens is 442 g/mol. The number of benzene rings is 2. The van der Waals surface area contributed by atoms with Crippen LogP contribution in [-0.4, -0.2) is 44.8 Å². The Morgan fingerprint density at radius 3 is 2.59 bits per heavy atom. The van der Waals surface area contributed by atoms with Crippen LogP contribution >= 0.6 is 0 Å². The van der Waals surface area contributed by atoms with Crippen molar-refractivity contribution in [3.8, 4) is 11.6 Å². The zero-order chi connectivity index (χ0) is 24.1. The summed E-state index contributed by atoms with van der Waals surface area (Å²) in [4.78, 5) is 39.9. The van der Waals surface area contributed by atoms with Gasteiger partial charge in [0.25, 0.3) is 11.6 Å². The van der Waals surface area contributed by atoms with Crippen LogP contribution < -0.4 is 10.1 Å². The molecule has 2 aromatic heterocycles. The highest BCUT2D eigenvalue weighted by atomic mass is 16.6. The lowest BCUT2D eigenvalue weighted by molar-refractivity contribution is -0.384. The van der Waals surface area contributed by atoms with E-state index in [0.717, 1.165) is 5.39 Å². The van der Waals surface area contributed by atoms with Gasteiger partial charge >= 0.3 is 5.97 Å². The minimum Gasteiger partial charge on any atom is -0.484 e. The number of carbonyl (C=O) groups is 2. The van der Waals surface area contributed by atoms with E-state index in [-0.39, 0.29) is 29.4 Å². The number of para-hydroxylation sites is 1. The molecule has 0 unspecified atom stereocenters. The lowest BCUT2D eigenvalue weighted by Gasteiger charge is -2.12. The van der Waals surface area contributed by atoms with Gasteiger partial charge in [0.05, 0.1) is 23.2 Å². The van der Waals surface area contributed by atoms with Crippen molar-refractivity contribution in [2.45, 2.75) is 6.92 Å². The molecule has 11 nitrogen and oxygen atoms in total. The van der Waals surface area contributed by atoms with Crippen LogP contribution in [0.15, 0.2) is 66.9 Å². The SMILES string of the molecule is CCOC(=O)c1cnn(-c2ccc3ccccc3n2)c1NC(=O)COc1ccc([N+](=O)[O-])cc1. The van der Waals surface area contributed by atoms with E-state index < -0.39 is 23.4 Å². The maximum atomic E-state index is 12.6. The molecule has 11 heteroatoms. The van der Waals surface area contributed by atoms with Crippen molar-refractivity contribution >= 4 is 34.3 Å². The van der Waals surface area contributed by atoms with E-state index in [1.165, 1.54) is 35.1 Å². The molecule has 1 amide bonds. The fraction of sp³-hybridized carbons (Fsp3) is 0.130. The van der Waals surface area contributed by atoms with Gasteiger partial charge in [-0.1, -0.05) is 18.2 Å². The standard InChI is InChI=1S/C23H19N5O6/c1-2-33-23(30)18-13-24-27(20-12-7-15-5-3-4-6-19(15)25-20)22(18)26-21(29)14-34-17-10-8-16(9-11-17)28(31)32/h3-13H,2,14H2,1H3,(H,26,29). The van der Waals surface area contributed by atoms with E-state index in [1.807, 2.05) is 30.3 Å². The fourth-order valence-electron chi connectivity index (χ4n) is 3.15. The number of aromatic nitrogens is 3. The number of pyridine rings is 1. The molecule has 0 radical (unpaired) electrons. The molecule has 0 saturated carbocycles. The predicted molar refractivity (Wildman–Crippen MR) is 122 cm³/mol. The largest absolute Gasteiger partial charge is 0.484 e. The Balaban J connectivity index is 1.58. The lowest BCUT2D eigenvalue weighted by atomic mass is 10.2. The van der Waals surface area contributed by atoms with Crippen molar-refractivity contribution in [1.29, 1.82) is 0 Å². The van der Waals surface area contributed by atoms with E-state index in [4.69, 9.17) is 9.47 Å². The van der Waals surface area contributed by atoms with Gasteiger partial charge in [-0.2, -0.15) is 9.78 Å². The minimum absolute atomic E-state index is 0.0560. The Kier molecular flexibility index (Phi) is 6.44. The molecule has 0 fully saturated rings. The first-order chi connectivity index (χ1) is 16.5. The second-order valence-electron chi connectivity index (χ2n) is 6.99. The van der Waals surface area contributed by atoms with Crippen LogP contribution in [0.4, 0.5) is 11.5 Å². The average Bonchev–Trinajstić information content (AvgIpc) is 3.26. The van der Waals surface area contributed by atoms with Gasteiger partial charge in [-0.15, -0.1) is 0 Å². The summed E-state index contributed by atoms with van der Waals surface area (Å²) >= 11 is 0. The van der Waals surface area contributed by atoms with Crippen LogP contribution in [-0.2, 0) is 9.53 Å². The molecule has 0 aliphatic rings. The van der Waals surface area contributed by atoms with Crippen LogP contribution in [0, 0.1) is 10.1 Å². The number of rotatable bonds is 8. The fourth-order valence-corrected chi connectivity index (χ4v) is 3.15. The third-order valence-electron chi connectivity index (χ3n) is 4.74. The molecule has 0 spiro atoms. The van der Waals surface area contributed by atoms with Crippen molar-refractivity contribution in [1.82, 2.24) is 14.8 Å². The molecule has 0 aliphatic heterocycles. The van der Waals surface area contributed by atoms with Gasteiger partial charge in [0.1, 0.15) is 11.3 Å². The van der Waals surface area contributed by atoms with Crippen molar-refractivity contribution in [3.05, 3.63) is 82.5 Å². The second-order valence-corrected chi connectivity index (χ2v) is 6.99. The summed E-state index contributed by atoms with van der Waals surface area (Å²) in [5.41, 5.74) is 0.676. The normalized spacial score (nSPS) is 10.6. The molecule has 0 bridgehead atoms. The Bertz CT molecular complexity index is 1370. The maximum Gasteiger partial charge on any atom is 0.343 e. The first-order valence-corrected chi connectivity index (χ1v) is 10.2. The zero-order valence-corrected chi connectivity index (χ0v) is 18.0. The van der Waals surface area contributed by atoms with Gasteiger partial charge in [0, 0.05) is 17.5 Å². The molecule has 0 aliphatic carbocycles. The number of nitro benzene ring substituents is 1. The summed E-state index contributed by atoms with van der Waals surface area (Å²) in [5, 5.41) is 18.5. The molecular formula is C23H19N5O6. The summed E-state index contributed by atoms with van der Waals surface area (Å²) in [7, 11) is 0. The predicted octanol–water partition coefficient (Wildman–Crippen LogP) is 3.52. The summed E-state index contributed by atoms with van der Waals surface area (Å²) in [6.07, 6.45) is 1.29. The van der Waals surface area contributed by atoms with Crippen molar-refractivity contribution in [2.24, 2.45) is 0 Å². The van der Waals surface area contributed by atoms with Gasteiger partial charge < -0.3 is 14.8 Å². The van der Waals surface area contributed by atoms with E-state index in [2.05, 4.69) is 15.4 Å². The number of amides is 1. The summed E-state index contributed by atoms with van der Waals surface area (Å²) in [5.74, 6) is -0.483. The molecule has 0 saturated heterocycles. The quantitative estimate of drug-likeness (QED) is 0.239. The number of hydrogen-bond donors (Lipinski definition) is 1. The van der Waals surface area contributed by atoms with Crippen molar-refractivity contribution in [3.63, 3.8) is 0 Å². The number of fused-ring (bicyclic) bond motifs is 1. The van der Waals surface area contributed by atoms with E-state index >= 15 is 0 Å². The first kappa shape index (κ1) is 22.4. The van der Waals surface area contributed by atoms with Crippen LogP contribution in [0.25, 0.3) is 16.7 Å². The number of hydrogen-bond acceptors (Lipinski definition) is 8. The number of non-ortho nitro benzene ring substituents is 1.